The average Bonchev–Trinajstić information content (AvgIpc) is 2.90. The van der Waals surface area contributed by atoms with Crippen molar-refractivity contribution < 1.29 is 4.79 Å². The molecule has 1 aromatic rings. The van der Waals surface area contributed by atoms with Crippen LogP contribution < -0.4 is 11.1 Å². The summed E-state index contributed by atoms with van der Waals surface area (Å²) in [7, 11) is 0. The summed E-state index contributed by atoms with van der Waals surface area (Å²) in [6, 6.07) is 3.54. The Bertz CT molecular complexity index is 457. The van der Waals surface area contributed by atoms with Gasteiger partial charge in [0.25, 0.3) is 0 Å². The molecule has 0 aromatic carbocycles. The van der Waals surface area contributed by atoms with Gasteiger partial charge >= 0.3 is 0 Å². The zero-order valence-corrected chi connectivity index (χ0v) is 10.9. The number of nitrogens with two attached hydrogens (primary N) is 1. The molecular formula is C12H16N4OS. The van der Waals surface area contributed by atoms with Crippen LogP contribution in [0.1, 0.15) is 18.5 Å². The second kappa shape index (κ2) is 5.77. The van der Waals surface area contributed by atoms with Crippen molar-refractivity contribution >= 4 is 28.8 Å². The summed E-state index contributed by atoms with van der Waals surface area (Å²) in [4.78, 5) is 18.0. The molecule has 0 saturated carbocycles. The summed E-state index contributed by atoms with van der Waals surface area (Å²) >= 11 is 4.86. The Morgan fingerprint density at radius 2 is 2.22 bits per heavy atom. The van der Waals surface area contributed by atoms with Gasteiger partial charge in [0.2, 0.25) is 5.91 Å². The SMILES string of the molecule is NC(=S)c1cc(NCC(=O)N2CCCC2)ccn1. The van der Waals surface area contributed by atoms with E-state index in [1.165, 1.54) is 0 Å². The maximum absolute atomic E-state index is 11.8. The van der Waals surface area contributed by atoms with Crippen LogP contribution in [0.25, 0.3) is 0 Å². The normalized spacial score (nSPS) is 14.6. The molecule has 1 aliphatic heterocycles. The predicted molar refractivity (Wildman–Crippen MR) is 74.4 cm³/mol. The number of carbonyl (C=O) groups is 1. The Hall–Kier alpha value is -1.69. The number of anilines is 1. The summed E-state index contributed by atoms with van der Waals surface area (Å²) in [6.07, 6.45) is 3.83. The van der Waals surface area contributed by atoms with E-state index in [2.05, 4.69) is 10.3 Å². The minimum atomic E-state index is 0.126. The van der Waals surface area contributed by atoms with Crippen LogP contribution in [0, 0.1) is 0 Å². The number of hydrogen-bond donors (Lipinski definition) is 2. The van der Waals surface area contributed by atoms with Crippen LogP contribution in [-0.4, -0.2) is 40.4 Å². The molecule has 0 spiro atoms. The second-order valence-electron chi connectivity index (χ2n) is 4.24. The largest absolute Gasteiger partial charge is 0.388 e. The van der Waals surface area contributed by atoms with E-state index in [1.54, 1.807) is 18.3 Å². The summed E-state index contributed by atoms with van der Waals surface area (Å²) in [5.41, 5.74) is 6.87. The lowest BCUT2D eigenvalue weighted by atomic mass is 10.3. The van der Waals surface area contributed by atoms with Gasteiger partial charge in [-0.15, -0.1) is 0 Å². The zero-order valence-electron chi connectivity index (χ0n) is 10.1. The van der Waals surface area contributed by atoms with Crippen molar-refractivity contribution in [2.75, 3.05) is 25.0 Å². The minimum Gasteiger partial charge on any atom is -0.388 e. The Labute approximate surface area is 111 Å². The lowest BCUT2D eigenvalue weighted by Gasteiger charge is -2.16. The molecule has 0 radical (unpaired) electrons. The average molecular weight is 264 g/mol. The molecule has 1 amide bonds. The molecule has 18 heavy (non-hydrogen) atoms. The molecule has 0 unspecified atom stereocenters. The summed E-state index contributed by atoms with van der Waals surface area (Å²) in [5, 5.41) is 3.07. The van der Waals surface area contributed by atoms with E-state index in [0.717, 1.165) is 31.6 Å². The Morgan fingerprint density at radius 3 is 2.89 bits per heavy atom. The van der Waals surface area contributed by atoms with Gasteiger partial charge in [-0.1, -0.05) is 12.2 Å². The van der Waals surface area contributed by atoms with E-state index < -0.39 is 0 Å². The number of carbonyl (C=O) groups excluding carboxylic acids is 1. The number of pyridine rings is 1. The van der Waals surface area contributed by atoms with Gasteiger partial charge in [-0.25, -0.2) is 0 Å². The Morgan fingerprint density at radius 1 is 1.50 bits per heavy atom. The van der Waals surface area contributed by atoms with E-state index in [-0.39, 0.29) is 10.9 Å². The fourth-order valence-electron chi connectivity index (χ4n) is 1.93. The first kappa shape index (κ1) is 12.8. The number of likely N-dealkylation sites (tertiary alicyclic amines) is 1. The summed E-state index contributed by atoms with van der Waals surface area (Å²) in [6.45, 7) is 2.03. The van der Waals surface area contributed by atoms with Gasteiger partial charge in [0.05, 0.1) is 12.2 Å². The first-order valence-corrected chi connectivity index (χ1v) is 6.35. The quantitative estimate of drug-likeness (QED) is 0.785. The van der Waals surface area contributed by atoms with E-state index in [0.29, 0.717) is 12.2 Å². The van der Waals surface area contributed by atoms with Crippen molar-refractivity contribution in [1.82, 2.24) is 9.88 Å². The van der Waals surface area contributed by atoms with Gasteiger partial charge < -0.3 is 16.0 Å². The molecule has 1 fully saturated rings. The molecule has 0 aliphatic carbocycles. The Balaban J connectivity index is 1.91. The van der Waals surface area contributed by atoms with Crippen LogP contribution >= 0.6 is 12.2 Å². The van der Waals surface area contributed by atoms with E-state index >= 15 is 0 Å². The first-order valence-electron chi connectivity index (χ1n) is 5.94. The maximum Gasteiger partial charge on any atom is 0.241 e. The first-order chi connectivity index (χ1) is 8.66. The topological polar surface area (TPSA) is 71.2 Å². The number of rotatable bonds is 4. The van der Waals surface area contributed by atoms with E-state index in [9.17, 15) is 4.79 Å². The van der Waals surface area contributed by atoms with E-state index in [1.807, 2.05) is 4.90 Å². The van der Waals surface area contributed by atoms with Gasteiger partial charge in [0.1, 0.15) is 4.99 Å². The molecule has 1 aromatic heterocycles. The van der Waals surface area contributed by atoms with Crippen LogP contribution in [0.2, 0.25) is 0 Å². The maximum atomic E-state index is 11.8. The molecule has 1 aliphatic rings. The van der Waals surface area contributed by atoms with Crippen molar-refractivity contribution in [2.24, 2.45) is 5.73 Å². The molecule has 2 rings (SSSR count). The van der Waals surface area contributed by atoms with Crippen molar-refractivity contribution in [3.63, 3.8) is 0 Å². The monoisotopic (exact) mass is 264 g/mol. The Kier molecular flexibility index (Phi) is 4.09. The predicted octanol–water partition coefficient (Wildman–Crippen LogP) is 0.750. The van der Waals surface area contributed by atoms with Gasteiger partial charge in [0, 0.05) is 25.0 Å². The van der Waals surface area contributed by atoms with Gasteiger partial charge in [-0.05, 0) is 25.0 Å². The third kappa shape index (κ3) is 3.16. The number of thiocarbonyl (C=S) groups is 1. The van der Waals surface area contributed by atoms with Gasteiger partial charge in [0.15, 0.2) is 0 Å². The van der Waals surface area contributed by atoms with Gasteiger partial charge in [-0.3, -0.25) is 9.78 Å². The number of nitrogens with zero attached hydrogens (tertiary/aromatic N) is 2. The van der Waals surface area contributed by atoms with Crippen LogP contribution in [0.15, 0.2) is 18.3 Å². The fraction of sp³-hybridized carbons (Fsp3) is 0.417. The summed E-state index contributed by atoms with van der Waals surface area (Å²) < 4.78 is 0. The van der Waals surface area contributed by atoms with Crippen LogP contribution in [0.3, 0.4) is 0 Å². The summed E-state index contributed by atoms with van der Waals surface area (Å²) in [5.74, 6) is 0.126. The molecule has 0 bridgehead atoms. The molecule has 1 saturated heterocycles. The number of nitrogens with one attached hydrogen (secondary N) is 1. The minimum absolute atomic E-state index is 0.126. The van der Waals surface area contributed by atoms with Crippen LogP contribution in [0.4, 0.5) is 5.69 Å². The highest BCUT2D eigenvalue weighted by molar-refractivity contribution is 7.80. The van der Waals surface area contributed by atoms with Crippen molar-refractivity contribution in [1.29, 1.82) is 0 Å². The molecule has 96 valence electrons. The lowest BCUT2D eigenvalue weighted by Crippen LogP contribution is -2.33. The number of amides is 1. The van der Waals surface area contributed by atoms with E-state index in [4.69, 9.17) is 18.0 Å². The zero-order chi connectivity index (χ0) is 13.0. The molecule has 0 atom stereocenters. The molecule has 5 nitrogen and oxygen atoms in total. The molecule has 6 heteroatoms. The highest BCUT2D eigenvalue weighted by atomic mass is 32.1. The standard InChI is InChI=1S/C12H16N4OS/c13-12(18)10-7-9(3-4-14-10)15-8-11(17)16-5-1-2-6-16/h3-4,7H,1-2,5-6,8H2,(H2,13,18)(H,14,15). The highest BCUT2D eigenvalue weighted by Gasteiger charge is 2.17. The number of hydrogen-bond acceptors (Lipinski definition) is 4. The highest BCUT2D eigenvalue weighted by Crippen LogP contribution is 2.10. The van der Waals surface area contributed by atoms with Crippen molar-refractivity contribution in [3.8, 4) is 0 Å². The molecular weight excluding hydrogens is 248 g/mol. The fourth-order valence-corrected chi connectivity index (χ4v) is 2.04. The van der Waals surface area contributed by atoms with Crippen LogP contribution in [-0.2, 0) is 4.79 Å². The smallest absolute Gasteiger partial charge is 0.241 e. The molecule has 2 heterocycles. The molecule has 3 N–H and O–H groups in total. The van der Waals surface area contributed by atoms with Crippen molar-refractivity contribution in [2.45, 2.75) is 12.8 Å². The van der Waals surface area contributed by atoms with Gasteiger partial charge in [-0.2, -0.15) is 0 Å². The second-order valence-corrected chi connectivity index (χ2v) is 4.68. The third-order valence-corrected chi connectivity index (χ3v) is 3.12. The van der Waals surface area contributed by atoms with Crippen molar-refractivity contribution in [3.05, 3.63) is 24.0 Å². The number of aromatic nitrogens is 1. The lowest BCUT2D eigenvalue weighted by molar-refractivity contribution is -0.128. The van der Waals surface area contributed by atoms with Crippen LogP contribution in [0.5, 0.6) is 0 Å². The third-order valence-electron chi connectivity index (χ3n) is 2.91.